The molecule has 0 spiro atoms. The van der Waals surface area contributed by atoms with Crippen molar-refractivity contribution in [2.45, 2.75) is 49.8 Å². The van der Waals surface area contributed by atoms with Crippen LogP contribution >= 0.6 is 58.0 Å². The van der Waals surface area contributed by atoms with E-state index in [1.807, 2.05) is 30.3 Å². The molecule has 2 aromatic rings. The van der Waals surface area contributed by atoms with Crippen LogP contribution in [-0.2, 0) is 32.2 Å². The number of benzene rings is 2. The quantitative estimate of drug-likeness (QED) is 0.164. The molecule has 1 saturated heterocycles. The van der Waals surface area contributed by atoms with Crippen molar-refractivity contribution in [3.8, 4) is 0 Å². The van der Waals surface area contributed by atoms with E-state index in [4.69, 9.17) is 62.7 Å². The molecule has 0 unspecified atom stereocenters. The maximum atomic E-state index is 13.3. The van der Waals surface area contributed by atoms with Gasteiger partial charge in [-0.1, -0.05) is 30.3 Å². The van der Waals surface area contributed by atoms with Gasteiger partial charge in [0.05, 0.1) is 40.6 Å². The first-order valence-electron chi connectivity index (χ1n) is 12.5. The van der Waals surface area contributed by atoms with Gasteiger partial charge in [-0.2, -0.15) is 26.3 Å². The van der Waals surface area contributed by atoms with E-state index in [-0.39, 0.29) is 47.3 Å². The predicted octanol–water partition coefficient (Wildman–Crippen LogP) is 8.22. The molecule has 1 aliphatic rings. The molecule has 0 bridgehead atoms. The van der Waals surface area contributed by atoms with Gasteiger partial charge < -0.3 is 15.4 Å². The second-order valence-electron chi connectivity index (χ2n) is 9.15. The number of piperidine rings is 1. The fourth-order valence-corrected chi connectivity index (χ4v) is 4.18. The summed E-state index contributed by atoms with van der Waals surface area (Å²) in [5.41, 5.74) is -2.88. The third-order valence-electron chi connectivity index (χ3n) is 6.18. The number of halogens is 11. The number of ether oxygens (including phenoxy) is 1. The Morgan fingerprint density at radius 1 is 0.977 bits per heavy atom. The van der Waals surface area contributed by atoms with E-state index in [2.05, 4.69) is 10.6 Å². The molecule has 0 aliphatic carbocycles. The van der Waals surface area contributed by atoms with E-state index >= 15 is 0 Å². The van der Waals surface area contributed by atoms with Gasteiger partial charge >= 0.3 is 12.4 Å². The van der Waals surface area contributed by atoms with E-state index in [1.165, 1.54) is 6.92 Å². The van der Waals surface area contributed by atoms with Crippen molar-refractivity contribution in [1.82, 2.24) is 10.6 Å². The fourth-order valence-electron chi connectivity index (χ4n) is 4.11. The number of amides is 1. The summed E-state index contributed by atoms with van der Waals surface area (Å²) in [7, 11) is 0. The third-order valence-corrected chi connectivity index (χ3v) is 6.94. The lowest BCUT2D eigenvalue weighted by Gasteiger charge is -2.42. The topological polar surface area (TPSA) is 67.4 Å². The Kier molecular flexibility index (Phi) is 17.0. The summed E-state index contributed by atoms with van der Waals surface area (Å²) in [6.45, 7) is 1.80. The molecule has 1 aliphatic heterocycles. The van der Waals surface area contributed by atoms with E-state index in [0.29, 0.717) is 31.5 Å². The SMILES string of the molecule is C[C@@H](OC[C@@]1(c2ccccc2)CC[C@H](NC(=O)CCl)CN1)c1cc(C(F)(F)F)cc(C(F)(F)F)c1.ClCCl.O=C(Cl)CCl. The maximum Gasteiger partial charge on any atom is 0.416 e. The van der Waals surface area contributed by atoms with Gasteiger partial charge in [0.15, 0.2) is 0 Å². The second kappa shape index (κ2) is 18.5. The summed E-state index contributed by atoms with van der Waals surface area (Å²) in [6, 6.07) is 10.5. The van der Waals surface area contributed by atoms with Gasteiger partial charge in [0.1, 0.15) is 5.88 Å². The minimum absolute atomic E-state index is 0.00799. The van der Waals surface area contributed by atoms with Crippen LogP contribution in [0.25, 0.3) is 0 Å². The Balaban J connectivity index is 0.00000103. The number of hydrogen-bond donors (Lipinski definition) is 2. The highest BCUT2D eigenvalue weighted by molar-refractivity contribution is 6.67. The first-order chi connectivity index (χ1) is 20.0. The van der Waals surface area contributed by atoms with Crippen molar-refractivity contribution in [2.24, 2.45) is 0 Å². The van der Waals surface area contributed by atoms with Crippen LogP contribution in [0, 0.1) is 0 Å². The molecule has 16 heteroatoms. The van der Waals surface area contributed by atoms with Crippen molar-refractivity contribution in [3.05, 3.63) is 70.8 Å². The van der Waals surface area contributed by atoms with Crippen LogP contribution < -0.4 is 10.6 Å². The molecule has 2 N–H and O–H groups in total. The summed E-state index contributed by atoms with van der Waals surface area (Å²) >= 11 is 24.6. The molecule has 1 fully saturated rings. The van der Waals surface area contributed by atoms with Crippen LogP contribution in [0.5, 0.6) is 0 Å². The zero-order chi connectivity index (χ0) is 32.8. The van der Waals surface area contributed by atoms with Crippen molar-refractivity contribution >= 4 is 69.2 Å². The normalized spacial score (nSPS) is 19.2. The molecule has 5 nitrogen and oxygen atoms in total. The Hall–Kier alpha value is -1.47. The molecule has 242 valence electrons. The van der Waals surface area contributed by atoms with Crippen LogP contribution in [0.1, 0.15) is 48.1 Å². The van der Waals surface area contributed by atoms with Crippen LogP contribution in [-0.4, -0.2) is 47.4 Å². The molecule has 3 rings (SSSR count). The van der Waals surface area contributed by atoms with Gasteiger partial charge in [0, 0.05) is 12.6 Å². The lowest BCUT2D eigenvalue weighted by molar-refractivity contribution is -0.143. The van der Waals surface area contributed by atoms with Gasteiger partial charge in [-0.25, -0.2) is 0 Å². The lowest BCUT2D eigenvalue weighted by atomic mass is 9.81. The Morgan fingerprint density at radius 2 is 1.49 bits per heavy atom. The molecular weight excluding hydrogens is 692 g/mol. The summed E-state index contributed by atoms with van der Waals surface area (Å²) in [4.78, 5) is 21.1. The highest BCUT2D eigenvalue weighted by Crippen LogP contribution is 2.39. The van der Waals surface area contributed by atoms with Gasteiger partial charge in [-0.05, 0) is 60.7 Å². The number of carbonyl (C=O) groups is 2. The molecule has 3 atom stereocenters. The Labute approximate surface area is 270 Å². The molecule has 1 amide bonds. The molecule has 0 saturated carbocycles. The van der Waals surface area contributed by atoms with Crippen molar-refractivity contribution in [3.63, 3.8) is 0 Å². The van der Waals surface area contributed by atoms with E-state index < -0.39 is 40.4 Å². The zero-order valence-corrected chi connectivity index (χ0v) is 26.4. The number of rotatable bonds is 8. The molecule has 43 heavy (non-hydrogen) atoms. The van der Waals surface area contributed by atoms with Crippen LogP contribution in [0.3, 0.4) is 0 Å². The Morgan fingerprint density at radius 3 is 1.88 bits per heavy atom. The number of alkyl halides is 10. The standard InChI is InChI=1S/C24H25ClF6N2O2.C2H2Cl2O.CH2Cl2/c1-15(16-9-18(23(26,27)28)11-19(10-16)24(29,30)31)35-14-22(17-5-3-2-4-6-17)8-7-20(13-32-22)33-21(34)12-25;3-1-2(4)5;2-1-3/h2-6,9-11,15,20,32H,7-8,12-14H2,1H3,(H,33,34);1H2;1H2/t15-,20+,22-;;/m1../s1. The molecular formula is C27H29Cl5F6N2O3. The van der Waals surface area contributed by atoms with Gasteiger partial charge in [-0.15, -0.1) is 46.4 Å². The first-order valence-corrected chi connectivity index (χ1v) is 15.0. The number of carbonyl (C=O) groups excluding carboxylic acids is 2. The second-order valence-corrected chi connectivity index (χ2v) is 10.9. The average Bonchev–Trinajstić information content (AvgIpc) is 2.96. The summed E-state index contributed by atoms with van der Waals surface area (Å²) in [5.74, 6) is -0.570. The molecule has 0 radical (unpaired) electrons. The maximum absolute atomic E-state index is 13.3. The minimum Gasteiger partial charge on any atom is -0.372 e. The smallest absolute Gasteiger partial charge is 0.372 e. The van der Waals surface area contributed by atoms with Crippen LogP contribution in [0.4, 0.5) is 26.3 Å². The van der Waals surface area contributed by atoms with Crippen LogP contribution in [0.15, 0.2) is 48.5 Å². The largest absolute Gasteiger partial charge is 0.416 e. The number of hydrogen-bond acceptors (Lipinski definition) is 4. The minimum atomic E-state index is -4.94. The summed E-state index contributed by atoms with van der Waals surface area (Å²) in [5, 5.41) is 5.85. The fraction of sp³-hybridized carbons (Fsp3) is 0.481. The van der Waals surface area contributed by atoms with E-state index in [9.17, 15) is 35.9 Å². The molecule has 2 aromatic carbocycles. The summed E-state index contributed by atoms with van der Waals surface area (Å²) in [6.07, 6.45) is -9.84. The van der Waals surface area contributed by atoms with Crippen LogP contribution in [0.2, 0.25) is 0 Å². The summed E-state index contributed by atoms with van der Waals surface area (Å²) < 4.78 is 85.4. The molecule has 0 aromatic heterocycles. The van der Waals surface area contributed by atoms with Gasteiger partial charge in [-0.3, -0.25) is 9.59 Å². The van der Waals surface area contributed by atoms with Crippen molar-refractivity contribution in [2.75, 3.05) is 30.3 Å². The third kappa shape index (κ3) is 13.6. The number of nitrogens with one attached hydrogen (secondary N) is 2. The monoisotopic (exact) mass is 718 g/mol. The highest BCUT2D eigenvalue weighted by atomic mass is 35.5. The zero-order valence-electron chi connectivity index (χ0n) is 22.6. The highest BCUT2D eigenvalue weighted by Gasteiger charge is 2.39. The van der Waals surface area contributed by atoms with E-state index in [1.54, 1.807) is 0 Å². The van der Waals surface area contributed by atoms with Crippen molar-refractivity contribution in [1.29, 1.82) is 0 Å². The molecule has 1 heterocycles. The predicted molar refractivity (Wildman–Crippen MR) is 157 cm³/mol. The lowest BCUT2D eigenvalue weighted by Crippen LogP contribution is -2.57. The Bertz CT molecular complexity index is 1120. The van der Waals surface area contributed by atoms with Gasteiger partial charge in [0.25, 0.3) is 0 Å². The van der Waals surface area contributed by atoms with E-state index in [0.717, 1.165) is 5.56 Å². The van der Waals surface area contributed by atoms with Gasteiger partial charge in [0.2, 0.25) is 11.1 Å². The first kappa shape index (κ1) is 39.6. The van der Waals surface area contributed by atoms with Crippen molar-refractivity contribution < 1.29 is 40.7 Å². The average molecular weight is 721 g/mol.